The zero-order valence-corrected chi connectivity index (χ0v) is 13.5. The molecule has 1 aliphatic carbocycles. The number of carbonyl (C=O) groups excluding carboxylic acids is 1. The van der Waals surface area contributed by atoms with Crippen LogP contribution in [0.4, 0.5) is 14.5 Å². The van der Waals surface area contributed by atoms with E-state index in [-0.39, 0.29) is 17.7 Å². The van der Waals surface area contributed by atoms with Crippen LogP contribution >= 0.6 is 0 Å². The maximum Gasteiger partial charge on any atom is 0.228 e. The van der Waals surface area contributed by atoms with Gasteiger partial charge in [0.15, 0.2) is 11.6 Å². The summed E-state index contributed by atoms with van der Waals surface area (Å²) in [4.78, 5) is 12.4. The van der Waals surface area contributed by atoms with Crippen LogP contribution in [0.2, 0.25) is 0 Å². The number of hydrogen-bond donors (Lipinski definition) is 2. The Morgan fingerprint density at radius 2 is 1.96 bits per heavy atom. The summed E-state index contributed by atoms with van der Waals surface area (Å²) < 4.78 is 26.3. The lowest BCUT2D eigenvalue weighted by Gasteiger charge is -2.11. The van der Waals surface area contributed by atoms with Crippen molar-refractivity contribution in [2.45, 2.75) is 25.8 Å². The third kappa shape index (κ3) is 3.62. The van der Waals surface area contributed by atoms with Gasteiger partial charge in [-0.1, -0.05) is 31.2 Å². The molecule has 1 fully saturated rings. The first-order valence-electron chi connectivity index (χ1n) is 8.14. The zero-order chi connectivity index (χ0) is 17.1. The number of amides is 1. The third-order valence-electron chi connectivity index (χ3n) is 4.34. The highest BCUT2D eigenvalue weighted by atomic mass is 19.2. The molecule has 0 aromatic heterocycles. The fourth-order valence-corrected chi connectivity index (χ4v) is 2.88. The molecular weight excluding hydrogens is 310 g/mol. The molecule has 1 saturated carbocycles. The molecule has 2 aromatic rings. The van der Waals surface area contributed by atoms with E-state index in [0.717, 1.165) is 23.9 Å². The number of benzene rings is 2. The van der Waals surface area contributed by atoms with Crippen LogP contribution in [0.15, 0.2) is 42.5 Å². The number of anilines is 1. The Labute approximate surface area is 140 Å². The van der Waals surface area contributed by atoms with Crippen LogP contribution in [-0.2, 0) is 11.3 Å². The van der Waals surface area contributed by atoms with Gasteiger partial charge in [0, 0.05) is 18.2 Å². The highest BCUT2D eigenvalue weighted by Crippen LogP contribution is 2.48. The van der Waals surface area contributed by atoms with Gasteiger partial charge in [-0.3, -0.25) is 4.79 Å². The van der Waals surface area contributed by atoms with Crippen LogP contribution in [0.25, 0.3) is 0 Å². The largest absolute Gasteiger partial charge is 0.326 e. The second-order valence-electron chi connectivity index (χ2n) is 6.05. The molecule has 126 valence electrons. The molecule has 1 aliphatic rings. The molecule has 5 heteroatoms. The van der Waals surface area contributed by atoms with E-state index in [9.17, 15) is 13.6 Å². The molecule has 0 saturated heterocycles. The summed E-state index contributed by atoms with van der Waals surface area (Å²) in [5, 5.41) is 6.20. The molecule has 24 heavy (non-hydrogen) atoms. The molecule has 0 bridgehead atoms. The lowest BCUT2D eigenvalue weighted by Crippen LogP contribution is -2.18. The second-order valence-corrected chi connectivity index (χ2v) is 6.05. The highest BCUT2D eigenvalue weighted by Gasteiger charge is 2.44. The summed E-state index contributed by atoms with van der Waals surface area (Å²) in [6, 6.07) is 11.5. The molecule has 3 rings (SSSR count). The van der Waals surface area contributed by atoms with Crippen LogP contribution in [0, 0.1) is 17.6 Å². The van der Waals surface area contributed by atoms with Crippen LogP contribution in [0.3, 0.4) is 0 Å². The fourth-order valence-electron chi connectivity index (χ4n) is 2.88. The van der Waals surface area contributed by atoms with E-state index in [1.807, 2.05) is 31.2 Å². The van der Waals surface area contributed by atoms with Crippen LogP contribution in [0.1, 0.15) is 30.4 Å². The third-order valence-corrected chi connectivity index (χ3v) is 4.34. The summed E-state index contributed by atoms with van der Waals surface area (Å²) in [5.74, 6) is -2.04. The van der Waals surface area contributed by atoms with E-state index in [1.165, 1.54) is 6.07 Å². The van der Waals surface area contributed by atoms with E-state index in [1.54, 1.807) is 6.07 Å². The van der Waals surface area contributed by atoms with Crippen molar-refractivity contribution in [3.05, 3.63) is 65.2 Å². The van der Waals surface area contributed by atoms with Crippen molar-refractivity contribution in [1.82, 2.24) is 5.32 Å². The molecule has 0 radical (unpaired) electrons. The van der Waals surface area contributed by atoms with Crippen molar-refractivity contribution in [3.8, 4) is 0 Å². The van der Waals surface area contributed by atoms with E-state index in [0.29, 0.717) is 18.5 Å². The number of rotatable bonds is 6. The molecule has 2 aromatic carbocycles. The van der Waals surface area contributed by atoms with Gasteiger partial charge in [-0.2, -0.15) is 0 Å². The monoisotopic (exact) mass is 330 g/mol. The van der Waals surface area contributed by atoms with Crippen molar-refractivity contribution < 1.29 is 13.6 Å². The lowest BCUT2D eigenvalue weighted by molar-refractivity contribution is -0.117. The van der Waals surface area contributed by atoms with E-state index in [2.05, 4.69) is 10.6 Å². The summed E-state index contributed by atoms with van der Waals surface area (Å²) in [7, 11) is 0. The van der Waals surface area contributed by atoms with Crippen molar-refractivity contribution in [1.29, 1.82) is 0 Å². The summed E-state index contributed by atoms with van der Waals surface area (Å²) in [6.07, 6.45) is 0.659. The minimum atomic E-state index is -0.866. The minimum absolute atomic E-state index is 0.0407. The van der Waals surface area contributed by atoms with Gasteiger partial charge >= 0.3 is 0 Å². The van der Waals surface area contributed by atoms with Crippen molar-refractivity contribution in [2.24, 2.45) is 5.92 Å². The Balaban J connectivity index is 1.66. The first-order valence-corrected chi connectivity index (χ1v) is 8.14. The maximum absolute atomic E-state index is 13.3. The molecule has 2 N–H and O–H groups in total. The molecular formula is C19H20F2N2O. The van der Waals surface area contributed by atoms with Crippen LogP contribution < -0.4 is 10.6 Å². The van der Waals surface area contributed by atoms with Gasteiger partial charge in [-0.15, -0.1) is 0 Å². The molecule has 1 amide bonds. The summed E-state index contributed by atoms with van der Waals surface area (Å²) >= 11 is 0. The Morgan fingerprint density at radius 3 is 2.71 bits per heavy atom. The standard InChI is InChI=1S/C19H20F2N2O/c1-2-22-11-13-5-3-4-6-18(13)23-19(24)15-10-14(15)12-7-8-16(20)17(21)9-12/h3-9,14-15,22H,2,10-11H2,1H3,(H,23,24)/t14-,15-/m1/s1. The number of nitrogens with one attached hydrogen (secondary N) is 2. The van der Waals surface area contributed by atoms with Crippen molar-refractivity contribution in [3.63, 3.8) is 0 Å². The molecule has 0 heterocycles. The SMILES string of the molecule is CCNCc1ccccc1NC(=O)[C@@H]1C[C@@H]1c1ccc(F)c(F)c1. The predicted molar refractivity (Wildman–Crippen MR) is 89.7 cm³/mol. The molecule has 0 aliphatic heterocycles. The number of para-hydroxylation sites is 1. The average Bonchev–Trinajstić information content (AvgIpc) is 3.37. The number of hydrogen-bond acceptors (Lipinski definition) is 2. The Bertz CT molecular complexity index is 748. The normalized spacial score (nSPS) is 19.1. The molecule has 0 spiro atoms. The average molecular weight is 330 g/mol. The van der Waals surface area contributed by atoms with E-state index < -0.39 is 11.6 Å². The van der Waals surface area contributed by atoms with Crippen molar-refractivity contribution >= 4 is 11.6 Å². The first kappa shape index (κ1) is 16.6. The Hall–Kier alpha value is -2.27. The molecule has 0 unspecified atom stereocenters. The van der Waals surface area contributed by atoms with Gasteiger partial charge < -0.3 is 10.6 Å². The van der Waals surface area contributed by atoms with Crippen LogP contribution in [0.5, 0.6) is 0 Å². The van der Waals surface area contributed by atoms with Crippen molar-refractivity contribution in [2.75, 3.05) is 11.9 Å². The summed E-state index contributed by atoms with van der Waals surface area (Å²) in [5.41, 5.74) is 2.49. The molecule has 3 nitrogen and oxygen atoms in total. The summed E-state index contributed by atoms with van der Waals surface area (Å²) in [6.45, 7) is 3.56. The highest BCUT2D eigenvalue weighted by molar-refractivity contribution is 5.95. The first-order chi connectivity index (χ1) is 11.6. The zero-order valence-electron chi connectivity index (χ0n) is 13.5. The van der Waals surface area contributed by atoms with Gasteiger partial charge in [-0.05, 0) is 48.2 Å². The fraction of sp³-hybridized carbons (Fsp3) is 0.316. The van der Waals surface area contributed by atoms with Gasteiger partial charge in [-0.25, -0.2) is 8.78 Å². The van der Waals surface area contributed by atoms with Gasteiger partial charge in [0.1, 0.15) is 0 Å². The Morgan fingerprint density at radius 1 is 1.17 bits per heavy atom. The quantitative estimate of drug-likeness (QED) is 0.845. The smallest absolute Gasteiger partial charge is 0.228 e. The van der Waals surface area contributed by atoms with E-state index in [4.69, 9.17) is 0 Å². The topological polar surface area (TPSA) is 41.1 Å². The lowest BCUT2D eigenvalue weighted by atomic mass is 10.1. The van der Waals surface area contributed by atoms with Crippen LogP contribution in [-0.4, -0.2) is 12.5 Å². The second kappa shape index (κ2) is 7.09. The van der Waals surface area contributed by atoms with E-state index >= 15 is 0 Å². The maximum atomic E-state index is 13.3. The minimum Gasteiger partial charge on any atom is -0.326 e. The van der Waals surface area contributed by atoms with Gasteiger partial charge in [0.05, 0.1) is 0 Å². The number of halogens is 2. The van der Waals surface area contributed by atoms with Gasteiger partial charge in [0.25, 0.3) is 0 Å². The van der Waals surface area contributed by atoms with Gasteiger partial charge in [0.2, 0.25) is 5.91 Å². The predicted octanol–water partition coefficient (Wildman–Crippen LogP) is 3.82. The molecule has 2 atom stereocenters. The Kier molecular flexibility index (Phi) is 4.90. The number of carbonyl (C=O) groups is 1.